The van der Waals surface area contributed by atoms with Crippen molar-refractivity contribution < 1.29 is 19.4 Å². The van der Waals surface area contributed by atoms with Crippen molar-refractivity contribution in [2.24, 2.45) is 11.8 Å². The van der Waals surface area contributed by atoms with Gasteiger partial charge in [0.1, 0.15) is 6.04 Å². The maximum atomic E-state index is 13.5. The molecule has 0 heterocycles. The summed E-state index contributed by atoms with van der Waals surface area (Å²) in [7, 11) is 0. The highest BCUT2D eigenvalue weighted by molar-refractivity contribution is 7.98. The fourth-order valence-electron chi connectivity index (χ4n) is 7.17. The molecule has 2 aromatic rings. The Kier molecular flexibility index (Phi) is 12.4. The standard InChI is InChI=1S/C36H51NO4S/c1-26-12-10-11-17-30(26)32-22-29(18-19-31(32)34(38)37-33(35(39)40)20-21-42-3)25-41-36(2,23-27-13-6-4-7-14-27)24-28-15-8-5-9-16-28/h10-12,17-19,22,27-28,33H,4-9,13-16,20-21,23-25H2,1-3H3,(H,37,38)(H,39,40)/t33-/m0/s1. The van der Waals surface area contributed by atoms with Gasteiger partial charge < -0.3 is 15.2 Å². The summed E-state index contributed by atoms with van der Waals surface area (Å²) in [6.07, 6.45) is 17.9. The lowest BCUT2D eigenvalue weighted by molar-refractivity contribution is -0.139. The van der Waals surface area contributed by atoms with Gasteiger partial charge in [0, 0.05) is 5.56 Å². The molecule has 6 heteroatoms. The van der Waals surface area contributed by atoms with Gasteiger partial charge in [0.15, 0.2) is 0 Å². The Bertz CT molecular complexity index is 1150. The maximum absolute atomic E-state index is 13.5. The van der Waals surface area contributed by atoms with Gasteiger partial charge in [-0.15, -0.1) is 0 Å². The molecule has 0 aromatic heterocycles. The number of carbonyl (C=O) groups is 2. The summed E-state index contributed by atoms with van der Waals surface area (Å²) in [5, 5.41) is 12.5. The number of benzene rings is 2. The predicted molar refractivity (Wildman–Crippen MR) is 174 cm³/mol. The van der Waals surface area contributed by atoms with Crippen LogP contribution in [0.4, 0.5) is 0 Å². The highest BCUT2D eigenvalue weighted by atomic mass is 32.2. The molecule has 42 heavy (non-hydrogen) atoms. The number of rotatable bonds is 14. The Labute approximate surface area is 257 Å². The first-order chi connectivity index (χ1) is 20.3. The van der Waals surface area contributed by atoms with Crippen molar-refractivity contribution in [3.05, 3.63) is 59.2 Å². The summed E-state index contributed by atoms with van der Waals surface area (Å²) in [6.45, 7) is 4.90. The second kappa shape index (κ2) is 16.0. The number of amides is 1. The third-order valence-electron chi connectivity index (χ3n) is 9.46. The number of nitrogens with one attached hydrogen (secondary N) is 1. The van der Waals surface area contributed by atoms with E-state index in [2.05, 4.69) is 18.3 Å². The third-order valence-corrected chi connectivity index (χ3v) is 10.1. The summed E-state index contributed by atoms with van der Waals surface area (Å²) in [5.74, 6) is 0.797. The first-order valence-electron chi connectivity index (χ1n) is 16.1. The van der Waals surface area contributed by atoms with Gasteiger partial charge in [-0.2, -0.15) is 11.8 Å². The molecule has 1 amide bonds. The van der Waals surface area contributed by atoms with E-state index in [1.54, 1.807) is 11.8 Å². The van der Waals surface area contributed by atoms with Crippen LogP contribution in [0.25, 0.3) is 11.1 Å². The van der Waals surface area contributed by atoms with E-state index in [0.717, 1.165) is 46.9 Å². The molecular weight excluding hydrogens is 542 g/mol. The van der Waals surface area contributed by atoms with Crippen molar-refractivity contribution in [2.75, 3.05) is 12.0 Å². The molecule has 0 unspecified atom stereocenters. The molecule has 0 bridgehead atoms. The molecule has 0 radical (unpaired) electrons. The Morgan fingerprint density at radius 2 is 1.57 bits per heavy atom. The number of carboxylic acid groups (broad SMARTS) is 1. The summed E-state index contributed by atoms with van der Waals surface area (Å²) >= 11 is 1.57. The number of thioether (sulfide) groups is 1. The zero-order valence-corrected chi connectivity index (χ0v) is 26.8. The topological polar surface area (TPSA) is 75.6 Å². The number of aliphatic carboxylic acids is 1. The van der Waals surface area contributed by atoms with Crippen molar-refractivity contribution in [3.8, 4) is 11.1 Å². The van der Waals surface area contributed by atoms with Crippen LogP contribution < -0.4 is 5.32 Å². The van der Waals surface area contributed by atoms with Crippen molar-refractivity contribution >= 4 is 23.6 Å². The zero-order chi connectivity index (χ0) is 30.0. The molecule has 0 spiro atoms. The van der Waals surface area contributed by atoms with E-state index >= 15 is 0 Å². The van der Waals surface area contributed by atoms with Crippen LogP contribution in [0.1, 0.15) is 112 Å². The minimum absolute atomic E-state index is 0.158. The normalized spacial score (nSPS) is 17.6. The first kappa shape index (κ1) is 32.6. The van der Waals surface area contributed by atoms with Gasteiger partial charge in [-0.1, -0.05) is 94.5 Å². The van der Waals surface area contributed by atoms with E-state index in [-0.39, 0.29) is 11.5 Å². The van der Waals surface area contributed by atoms with E-state index in [0.29, 0.717) is 24.3 Å². The lowest BCUT2D eigenvalue weighted by Crippen LogP contribution is -2.41. The maximum Gasteiger partial charge on any atom is 0.326 e. The van der Waals surface area contributed by atoms with E-state index < -0.39 is 12.0 Å². The second-order valence-corrected chi connectivity index (χ2v) is 14.0. The largest absolute Gasteiger partial charge is 0.480 e. The van der Waals surface area contributed by atoms with Gasteiger partial charge in [0.05, 0.1) is 12.2 Å². The molecule has 2 aromatic carbocycles. The fraction of sp³-hybridized carbons (Fsp3) is 0.611. The quantitative estimate of drug-likeness (QED) is 0.229. The molecule has 5 nitrogen and oxygen atoms in total. The Balaban J connectivity index is 1.57. The van der Waals surface area contributed by atoms with Crippen molar-refractivity contribution in [1.29, 1.82) is 0 Å². The van der Waals surface area contributed by atoms with E-state index in [4.69, 9.17) is 4.74 Å². The van der Waals surface area contributed by atoms with E-state index in [9.17, 15) is 14.7 Å². The zero-order valence-electron chi connectivity index (χ0n) is 26.0. The van der Waals surface area contributed by atoms with Crippen LogP contribution in [0.15, 0.2) is 42.5 Å². The molecule has 2 fully saturated rings. The molecule has 230 valence electrons. The average molecular weight is 594 g/mol. The summed E-state index contributed by atoms with van der Waals surface area (Å²) < 4.78 is 6.90. The van der Waals surface area contributed by atoms with Crippen LogP contribution in [0.3, 0.4) is 0 Å². The monoisotopic (exact) mass is 593 g/mol. The molecule has 2 aliphatic rings. The van der Waals surface area contributed by atoms with Crippen LogP contribution in [0.5, 0.6) is 0 Å². The van der Waals surface area contributed by atoms with E-state index in [1.165, 1.54) is 64.2 Å². The van der Waals surface area contributed by atoms with Gasteiger partial charge >= 0.3 is 5.97 Å². The van der Waals surface area contributed by atoms with Gasteiger partial charge in [0.2, 0.25) is 0 Å². The second-order valence-electron chi connectivity index (χ2n) is 13.0. The third kappa shape index (κ3) is 9.34. The van der Waals surface area contributed by atoms with Crippen LogP contribution >= 0.6 is 11.8 Å². The van der Waals surface area contributed by atoms with Gasteiger partial charge in [0.25, 0.3) is 5.91 Å². The molecule has 2 N–H and O–H groups in total. The Morgan fingerprint density at radius 1 is 0.952 bits per heavy atom. The molecule has 2 aliphatic carbocycles. The van der Waals surface area contributed by atoms with E-state index in [1.807, 2.05) is 49.6 Å². The number of carboxylic acids is 1. The predicted octanol–water partition coefficient (Wildman–Crippen LogP) is 8.81. The van der Waals surface area contributed by atoms with Gasteiger partial charge in [-0.05, 0) is 91.3 Å². The molecule has 4 rings (SSSR count). The highest BCUT2D eigenvalue weighted by Crippen LogP contribution is 2.39. The Hall–Kier alpha value is -2.31. The smallest absolute Gasteiger partial charge is 0.326 e. The number of hydrogen-bond donors (Lipinski definition) is 2. The molecule has 2 saturated carbocycles. The van der Waals surface area contributed by atoms with Crippen LogP contribution in [-0.2, 0) is 16.1 Å². The highest BCUT2D eigenvalue weighted by Gasteiger charge is 2.33. The molecule has 0 aliphatic heterocycles. The summed E-state index contributed by atoms with van der Waals surface area (Å²) in [4.78, 5) is 25.3. The first-order valence-corrected chi connectivity index (χ1v) is 17.5. The summed E-state index contributed by atoms with van der Waals surface area (Å²) in [6, 6.07) is 13.1. The molecular formula is C36H51NO4S. The van der Waals surface area contributed by atoms with Crippen molar-refractivity contribution in [3.63, 3.8) is 0 Å². The molecule has 0 saturated heterocycles. The van der Waals surface area contributed by atoms with Gasteiger partial charge in [-0.25, -0.2) is 4.79 Å². The lowest BCUT2D eigenvalue weighted by Gasteiger charge is -2.38. The number of ether oxygens (including phenoxy) is 1. The Morgan fingerprint density at radius 3 is 2.14 bits per heavy atom. The lowest BCUT2D eigenvalue weighted by atomic mass is 9.75. The average Bonchev–Trinajstić information content (AvgIpc) is 2.99. The van der Waals surface area contributed by atoms with Gasteiger partial charge in [-0.3, -0.25) is 4.79 Å². The fourth-order valence-corrected chi connectivity index (χ4v) is 7.64. The number of carbonyl (C=O) groups excluding carboxylic acids is 1. The van der Waals surface area contributed by atoms with Crippen LogP contribution in [0.2, 0.25) is 0 Å². The summed E-state index contributed by atoms with van der Waals surface area (Å²) in [5.41, 5.74) is 4.25. The van der Waals surface area contributed by atoms with Crippen molar-refractivity contribution in [2.45, 2.75) is 116 Å². The minimum Gasteiger partial charge on any atom is -0.480 e. The molecule has 1 atom stereocenters. The number of aryl methyl sites for hydroxylation is 1. The minimum atomic E-state index is -1.00. The van der Waals surface area contributed by atoms with Crippen molar-refractivity contribution in [1.82, 2.24) is 5.32 Å². The number of hydrogen-bond acceptors (Lipinski definition) is 4. The van der Waals surface area contributed by atoms with Crippen LogP contribution in [-0.4, -0.2) is 40.6 Å². The van der Waals surface area contributed by atoms with Crippen LogP contribution in [0, 0.1) is 18.8 Å². The SMILES string of the molecule is CSCC[C@H](NC(=O)c1ccc(COC(C)(CC2CCCCC2)CC2CCCCC2)cc1-c1ccccc1C)C(=O)O.